The molecule has 5 nitrogen and oxygen atoms in total. The number of carboxylic acids is 1. The van der Waals surface area contributed by atoms with Crippen LogP contribution in [0.3, 0.4) is 0 Å². The maximum Gasteiger partial charge on any atom is 0.323 e. The second-order valence-corrected chi connectivity index (χ2v) is 5.69. The molecule has 0 unspecified atom stereocenters. The fourth-order valence-corrected chi connectivity index (χ4v) is 2.61. The Balaban J connectivity index is 2.46. The van der Waals surface area contributed by atoms with Gasteiger partial charge in [0.15, 0.2) is 0 Å². The fourth-order valence-electron chi connectivity index (χ4n) is 2.61. The Labute approximate surface area is 115 Å². The molecular formula is C14H26N2O3. The minimum Gasteiger partial charge on any atom is -0.480 e. The number of aliphatic carboxylic acids is 1. The number of nitrogens with zero attached hydrogens (tertiary/aromatic N) is 1. The first-order valence-electron chi connectivity index (χ1n) is 7.23. The highest BCUT2D eigenvalue weighted by Crippen LogP contribution is 2.26. The Morgan fingerprint density at radius 3 is 2.26 bits per heavy atom. The lowest BCUT2D eigenvalue weighted by Gasteiger charge is -2.32. The van der Waals surface area contributed by atoms with Crippen LogP contribution in [-0.4, -0.2) is 40.6 Å². The zero-order valence-electron chi connectivity index (χ0n) is 12.2. The number of carbonyl (C=O) groups is 2. The van der Waals surface area contributed by atoms with E-state index < -0.39 is 5.97 Å². The van der Waals surface area contributed by atoms with Crippen LogP contribution in [0.15, 0.2) is 0 Å². The number of carbonyl (C=O) groups excluding carboxylic acids is 1. The molecule has 0 spiro atoms. The number of amides is 2. The molecule has 1 aliphatic rings. The second-order valence-electron chi connectivity index (χ2n) is 5.69. The third-order valence-electron chi connectivity index (χ3n) is 3.94. The molecule has 2 amide bonds. The number of rotatable bonds is 5. The van der Waals surface area contributed by atoms with E-state index >= 15 is 0 Å². The van der Waals surface area contributed by atoms with Gasteiger partial charge in [0.05, 0.1) is 0 Å². The first kappa shape index (κ1) is 15.8. The molecule has 1 saturated carbocycles. The Hall–Kier alpha value is -1.26. The molecule has 1 aliphatic carbocycles. The third kappa shape index (κ3) is 5.09. The van der Waals surface area contributed by atoms with Gasteiger partial charge in [0.1, 0.15) is 6.54 Å². The van der Waals surface area contributed by atoms with Crippen LogP contribution in [0.4, 0.5) is 4.79 Å². The first-order chi connectivity index (χ1) is 8.93. The maximum absolute atomic E-state index is 12.1. The minimum atomic E-state index is -0.974. The zero-order valence-corrected chi connectivity index (χ0v) is 12.2. The van der Waals surface area contributed by atoms with Gasteiger partial charge in [-0.15, -0.1) is 0 Å². The first-order valence-corrected chi connectivity index (χ1v) is 7.23. The summed E-state index contributed by atoms with van der Waals surface area (Å²) in [5.74, 6) is -0.188. The predicted octanol–water partition coefficient (Wildman–Crippen LogP) is 2.46. The molecule has 0 aromatic rings. The zero-order chi connectivity index (χ0) is 14.4. The van der Waals surface area contributed by atoms with Gasteiger partial charge in [-0.05, 0) is 45.4 Å². The van der Waals surface area contributed by atoms with Crippen molar-refractivity contribution in [2.24, 2.45) is 5.92 Å². The average Bonchev–Trinajstić information content (AvgIpc) is 2.36. The van der Waals surface area contributed by atoms with Crippen molar-refractivity contribution < 1.29 is 14.7 Å². The van der Waals surface area contributed by atoms with E-state index in [9.17, 15) is 9.59 Å². The Morgan fingerprint density at radius 2 is 1.84 bits per heavy atom. The molecule has 110 valence electrons. The van der Waals surface area contributed by atoms with Gasteiger partial charge < -0.3 is 15.3 Å². The molecule has 1 rings (SSSR count). The van der Waals surface area contributed by atoms with Gasteiger partial charge in [-0.3, -0.25) is 4.79 Å². The van der Waals surface area contributed by atoms with Crippen molar-refractivity contribution in [2.45, 2.75) is 65.0 Å². The van der Waals surface area contributed by atoms with Crippen molar-refractivity contribution in [3.8, 4) is 0 Å². The average molecular weight is 270 g/mol. The van der Waals surface area contributed by atoms with Gasteiger partial charge in [0.25, 0.3) is 0 Å². The van der Waals surface area contributed by atoms with E-state index in [0.29, 0.717) is 0 Å². The van der Waals surface area contributed by atoms with Crippen molar-refractivity contribution in [3.05, 3.63) is 0 Å². The molecule has 2 N–H and O–H groups in total. The van der Waals surface area contributed by atoms with E-state index in [1.165, 1.54) is 11.3 Å². The summed E-state index contributed by atoms with van der Waals surface area (Å²) in [6.07, 6.45) is 5.52. The van der Waals surface area contributed by atoms with E-state index in [1.54, 1.807) is 0 Å². The van der Waals surface area contributed by atoms with Crippen molar-refractivity contribution in [2.75, 3.05) is 6.54 Å². The smallest absolute Gasteiger partial charge is 0.323 e. The standard InChI is InChI=1S/C14H26N2O3/c1-4-11-5-7-12(8-6-11)15-14(19)16(10(2)3)9-13(17)18/h10-12H,4-9H2,1-3H3,(H,15,19)(H,17,18). The summed E-state index contributed by atoms with van der Waals surface area (Å²) in [6, 6.07) is -0.161. The summed E-state index contributed by atoms with van der Waals surface area (Å²) < 4.78 is 0. The van der Waals surface area contributed by atoms with Gasteiger partial charge in [-0.1, -0.05) is 13.3 Å². The molecule has 0 saturated heterocycles. The summed E-state index contributed by atoms with van der Waals surface area (Å²) in [4.78, 5) is 24.2. The number of nitrogens with one attached hydrogen (secondary N) is 1. The van der Waals surface area contributed by atoms with Crippen LogP contribution >= 0.6 is 0 Å². The largest absolute Gasteiger partial charge is 0.480 e. The molecule has 0 radical (unpaired) electrons. The molecule has 0 aliphatic heterocycles. The topological polar surface area (TPSA) is 69.6 Å². The van der Waals surface area contributed by atoms with Crippen LogP contribution in [0.5, 0.6) is 0 Å². The molecule has 0 aromatic heterocycles. The molecule has 0 bridgehead atoms. The minimum absolute atomic E-state index is 0.108. The van der Waals surface area contributed by atoms with Crippen LogP contribution in [-0.2, 0) is 4.79 Å². The van der Waals surface area contributed by atoms with Crippen molar-refractivity contribution in [3.63, 3.8) is 0 Å². The monoisotopic (exact) mass is 270 g/mol. The normalized spacial score (nSPS) is 23.2. The van der Waals surface area contributed by atoms with Crippen LogP contribution in [0, 0.1) is 5.92 Å². The van der Waals surface area contributed by atoms with Gasteiger partial charge >= 0.3 is 12.0 Å². The lowest BCUT2D eigenvalue weighted by molar-refractivity contribution is -0.138. The highest BCUT2D eigenvalue weighted by molar-refractivity contribution is 5.80. The summed E-state index contributed by atoms with van der Waals surface area (Å²) in [5, 5.41) is 11.8. The van der Waals surface area contributed by atoms with E-state index in [-0.39, 0.29) is 24.7 Å². The third-order valence-corrected chi connectivity index (χ3v) is 3.94. The van der Waals surface area contributed by atoms with Gasteiger partial charge in [-0.2, -0.15) is 0 Å². The SMILES string of the molecule is CCC1CCC(NC(=O)N(CC(=O)O)C(C)C)CC1. The van der Waals surface area contributed by atoms with Crippen LogP contribution in [0.25, 0.3) is 0 Å². The second kappa shape index (κ2) is 7.36. The highest BCUT2D eigenvalue weighted by atomic mass is 16.4. The van der Waals surface area contributed by atoms with Crippen LogP contribution < -0.4 is 5.32 Å². The molecular weight excluding hydrogens is 244 g/mol. The quantitative estimate of drug-likeness (QED) is 0.806. The summed E-state index contributed by atoms with van der Waals surface area (Å²) in [5.41, 5.74) is 0. The molecule has 0 atom stereocenters. The van der Waals surface area contributed by atoms with E-state index in [0.717, 1.165) is 31.6 Å². The number of carboxylic acid groups (broad SMARTS) is 1. The summed E-state index contributed by atoms with van der Waals surface area (Å²) in [6.45, 7) is 5.62. The summed E-state index contributed by atoms with van der Waals surface area (Å²) in [7, 11) is 0. The highest BCUT2D eigenvalue weighted by Gasteiger charge is 2.25. The molecule has 0 aromatic carbocycles. The van der Waals surface area contributed by atoms with Gasteiger partial charge in [0, 0.05) is 12.1 Å². The lowest BCUT2D eigenvalue weighted by atomic mass is 9.84. The van der Waals surface area contributed by atoms with E-state index in [1.807, 2.05) is 13.8 Å². The van der Waals surface area contributed by atoms with Crippen molar-refractivity contribution >= 4 is 12.0 Å². The van der Waals surface area contributed by atoms with Gasteiger partial charge in [-0.25, -0.2) is 4.79 Å². The Kier molecular flexibility index (Phi) is 6.12. The Bertz CT molecular complexity index is 310. The molecule has 19 heavy (non-hydrogen) atoms. The number of urea groups is 1. The van der Waals surface area contributed by atoms with E-state index in [2.05, 4.69) is 12.2 Å². The van der Waals surface area contributed by atoms with Gasteiger partial charge in [0.2, 0.25) is 0 Å². The Morgan fingerprint density at radius 1 is 1.26 bits per heavy atom. The van der Waals surface area contributed by atoms with Crippen molar-refractivity contribution in [1.29, 1.82) is 0 Å². The number of hydrogen-bond acceptors (Lipinski definition) is 2. The van der Waals surface area contributed by atoms with Crippen LogP contribution in [0.1, 0.15) is 52.9 Å². The van der Waals surface area contributed by atoms with E-state index in [4.69, 9.17) is 5.11 Å². The molecule has 0 heterocycles. The maximum atomic E-state index is 12.1. The molecule has 1 fully saturated rings. The number of hydrogen-bond donors (Lipinski definition) is 2. The van der Waals surface area contributed by atoms with Crippen molar-refractivity contribution in [1.82, 2.24) is 10.2 Å². The lowest BCUT2D eigenvalue weighted by Crippen LogP contribution is -2.50. The molecule has 5 heteroatoms. The fraction of sp³-hybridized carbons (Fsp3) is 0.857. The predicted molar refractivity (Wildman–Crippen MR) is 74.0 cm³/mol. The summed E-state index contributed by atoms with van der Waals surface area (Å²) >= 11 is 0. The van der Waals surface area contributed by atoms with Crippen LogP contribution in [0.2, 0.25) is 0 Å².